The molecule has 0 aliphatic rings. The van der Waals surface area contributed by atoms with Gasteiger partial charge in [-0.05, 0) is 68.1 Å². The molecule has 0 saturated carbocycles. The Hall–Kier alpha value is -2.82. The fraction of sp³-hybridized carbons (Fsp3) is 0.364. The van der Waals surface area contributed by atoms with E-state index in [4.69, 9.17) is 10.5 Å². The number of nitrogens with two attached hydrogens (primary N) is 1. The van der Waals surface area contributed by atoms with Crippen LogP contribution in [0.15, 0.2) is 42.5 Å². The number of hydrogen-bond acceptors (Lipinski definition) is 3. The fourth-order valence-electron chi connectivity index (χ4n) is 2.69. The second-order valence-electron chi connectivity index (χ2n) is 7.50. The van der Waals surface area contributed by atoms with E-state index in [1.165, 1.54) is 0 Å². The van der Waals surface area contributed by atoms with Crippen molar-refractivity contribution >= 4 is 17.5 Å². The number of aryl methyl sites for hydroxylation is 2. The molecule has 0 aromatic heterocycles. The predicted molar refractivity (Wildman–Crippen MR) is 108 cm³/mol. The standard InChI is InChI=1S/C22H28N2O3/c1-15-6-7-16(2)19(14-15)27-13-5-12-22(3,4)21(26)24-18-10-8-17(9-11-18)20(23)25/h6-11,14H,5,12-13H2,1-4H3,(H2,23,25)(H,24,26). The van der Waals surface area contributed by atoms with E-state index in [-0.39, 0.29) is 5.91 Å². The number of carbonyl (C=O) groups is 2. The Kier molecular flexibility index (Phi) is 6.61. The average molecular weight is 368 g/mol. The topological polar surface area (TPSA) is 81.4 Å². The number of amides is 2. The molecule has 2 rings (SSSR count). The molecular weight excluding hydrogens is 340 g/mol. The molecule has 0 spiro atoms. The monoisotopic (exact) mass is 368 g/mol. The number of anilines is 1. The van der Waals surface area contributed by atoms with Gasteiger partial charge in [-0.3, -0.25) is 9.59 Å². The smallest absolute Gasteiger partial charge is 0.248 e. The predicted octanol–water partition coefficient (Wildman–Crippen LogP) is 4.23. The molecule has 0 atom stereocenters. The van der Waals surface area contributed by atoms with Crippen LogP contribution >= 0.6 is 0 Å². The van der Waals surface area contributed by atoms with E-state index in [0.717, 1.165) is 23.3 Å². The van der Waals surface area contributed by atoms with Crippen LogP contribution < -0.4 is 15.8 Å². The first-order valence-corrected chi connectivity index (χ1v) is 9.10. The zero-order valence-electron chi connectivity index (χ0n) is 16.5. The number of nitrogens with one attached hydrogen (secondary N) is 1. The van der Waals surface area contributed by atoms with Gasteiger partial charge in [0.15, 0.2) is 0 Å². The van der Waals surface area contributed by atoms with Gasteiger partial charge in [-0.15, -0.1) is 0 Å². The summed E-state index contributed by atoms with van der Waals surface area (Å²) in [4.78, 5) is 23.7. The van der Waals surface area contributed by atoms with Crippen LogP contribution in [0.5, 0.6) is 5.75 Å². The van der Waals surface area contributed by atoms with E-state index in [0.29, 0.717) is 24.3 Å². The van der Waals surface area contributed by atoms with Crippen LogP contribution in [0.3, 0.4) is 0 Å². The summed E-state index contributed by atoms with van der Waals surface area (Å²) in [6, 6.07) is 12.7. The molecule has 0 aliphatic heterocycles. The number of rotatable bonds is 8. The lowest BCUT2D eigenvalue weighted by atomic mass is 9.87. The third-order valence-electron chi connectivity index (χ3n) is 4.59. The Morgan fingerprint density at radius 2 is 1.74 bits per heavy atom. The van der Waals surface area contributed by atoms with E-state index in [1.807, 2.05) is 39.8 Å². The van der Waals surface area contributed by atoms with Crippen LogP contribution in [0.2, 0.25) is 0 Å². The summed E-state index contributed by atoms with van der Waals surface area (Å²) >= 11 is 0. The lowest BCUT2D eigenvalue weighted by molar-refractivity contribution is -0.124. The average Bonchev–Trinajstić information content (AvgIpc) is 2.62. The molecule has 27 heavy (non-hydrogen) atoms. The van der Waals surface area contributed by atoms with Crippen molar-refractivity contribution in [3.05, 3.63) is 59.2 Å². The van der Waals surface area contributed by atoms with Gasteiger partial charge in [0.05, 0.1) is 6.61 Å². The number of benzene rings is 2. The number of ether oxygens (including phenoxy) is 1. The van der Waals surface area contributed by atoms with Gasteiger partial charge < -0.3 is 15.8 Å². The van der Waals surface area contributed by atoms with Crippen LogP contribution in [0, 0.1) is 19.3 Å². The zero-order valence-corrected chi connectivity index (χ0v) is 16.5. The highest BCUT2D eigenvalue weighted by molar-refractivity contribution is 5.96. The molecule has 5 heteroatoms. The van der Waals surface area contributed by atoms with E-state index in [9.17, 15) is 9.59 Å². The molecule has 0 bridgehead atoms. The van der Waals surface area contributed by atoms with Gasteiger partial charge >= 0.3 is 0 Å². The first-order valence-electron chi connectivity index (χ1n) is 9.10. The van der Waals surface area contributed by atoms with Crippen LogP contribution in [-0.4, -0.2) is 18.4 Å². The first-order chi connectivity index (χ1) is 12.7. The Balaban J connectivity index is 1.84. The van der Waals surface area contributed by atoms with E-state index < -0.39 is 11.3 Å². The van der Waals surface area contributed by atoms with Gasteiger partial charge in [-0.1, -0.05) is 26.0 Å². The summed E-state index contributed by atoms with van der Waals surface area (Å²) in [5.74, 6) is 0.338. The molecule has 0 saturated heterocycles. The third-order valence-corrected chi connectivity index (χ3v) is 4.59. The SMILES string of the molecule is Cc1ccc(C)c(OCCCC(C)(C)C(=O)Nc2ccc(C(N)=O)cc2)c1. The minimum Gasteiger partial charge on any atom is -0.493 e. The Labute approximate surface area is 160 Å². The number of primary amides is 1. The van der Waals surface area contributed by atoms with Gasteiger partial charge in [0.25, 0.3) is 0 Å². The summed E-state index contributed by atoms with van der Waals surface area (Å²) < 4.78 is 5.87. The quantitative estimate of drug-likeness (QED) is 0.684. The molecule has 0 fully saturated rings. The van der Waals surface area contributed by atoms with Crippen molar-refractivity contribution in [2.45, 2.75) is 40.5 Å². The van der Waals surface area contributed by atoms with Crippen molar-refractivity contribution in [3.63, 3.8) is 0 Å². The lowest BCUT2D eigenvalue weighted by Gasteiger charge is -2.23. The molecule has 2 amide bonds. The third kappa shape index (κ3) is 5.84. The first kappa shape index (κ1) is 20.5. The maximum absolute atomic E-state index is 12.6. The second-order valence-corrected chi connectivity index (χ2v) is 7.50. The summed E-state index contributed by atoms with van der Waals surface area (Å²) in [5.41, 5.74) is 8.02. The molecule has 5 nitrogen and oxygen atoms in total. The normalized spacial score (nSPS) is 11.1. The summed E-state index contributed by atoms with van der Waals surface area (Å²) in [5, 5.41) is 2.89. The van der Waals surface area contributed by atoms with E-state index in [2.05, 4.69) is 11.4 Å². The van der Waals surface area contributed by atoms with Crippen molar-refractivity contribution in [1.82, 2.24) is 0 Å². The highest BCUT2D eigenvalue weighted by Gasteiger charge is 2.27. The minimum absolute atomic E-state index is 0.0685. The zero-order chi connectivity index (χ0) is 20.0. The molecule has 0 radical (unpaired) electrons. The van der Waals surface area contributed by atoms with E-state index >= 15 is 0 Å². The van der Waals surface area contributed by atoms with Crippen molar-refractivity contribution in [3.8, 4) is 5.75 Å². The molecule has 144 valence electrons. The van der Waals surface area contributed by atoms with Crippen LogP contribution in [0.1, 0.15) is 48.2 Å². The van der Waals surface area contributed by atoms with E-state index in [1.54, 1.807) is 24.3 Å². The lowest BCUT2D eigenvalue weighted by Crippen LogP contribution is -2.31. The molecule has 0 unspecified atom stereocenters. The van der Waals surface area contributed by atoms with Gasteiger partial charge in [0.2, 0.25) is 11.8 Å². The molecular formula is C22H28N2O3. The number of carbonyl (C=O) groups excluding carboxylic acids is 2. The van der Waals surface area contributed by atoms with Crippen molar-refractivity contribution in [2.75, 3.05) is 11.9 Å². The van der Waals surface area contributed by atoms with Gasteiger partial charge in [0, 0.05) is 16.7 Å². The highest BCUT2D eigenvalue weighted by atomic mass is 16.5. The Bertz CT molecular complexity index is 811. The van der Waals surface area contributed by atoms with Gasteiger partial charge in [-0.2, -0.15) is 0 Å². The molecule has 3 N–H and O–H groups in total. The van der Waals surface area contributed by atoms with Gasteiger partial charge in [-0.25, -0.2) is 0 Å². The Morgan fingerprint density at radius 3 is 2.37 bits per heavy atom. The Morgan fingerprint density at radius 1 is 1.07 bits per heavy atom. The van der Waals surface area contributed by atoms with Gasteiger partial charge in [0.1, 0.15) is 5.75 Å². The largest absolute Gasteiger partial charge is 0.493 e. The molecule has 0 heterocycles. The van der Waals surface area contributed by atoms with Crippen molar-refractivity contribution < 1.29 is 14.3 Å². The van der Waals surface area contributed by atoms with Crippen LogP contribution in [0.25, 0.3) is 0 Å². The number of hydrogen-bond donors (Lipinski definition) is 2. The van der Waals surface area contributed by atoms with Crippen LogP contribution in [0.4, 0.5) is 5.69 Å². The van der Waals surface area contributed by atoms with Crippen molar-refractivity contribution in [2.24, 2.45) is 11.1 Å². The minimum atomic E-state index is -0.534. The fourth-order valence-corrected chi connectivity index (χ4v) is 2.69. The van der Waals surface area contributed by atoms with Crippen LogP contribution in [-0.2, 0) is 4.79 Å². The maximum Gasteiger partial charge on any atom is 0.248 e. The highest BCUT2D eigenvalue weighted by Crippen LogP contribution is 2.26. The summed E-state index contributed by atoms with van der Waals surface area (Å²) in [7, 11) is 0. The molecule has 2 aromatic rings. The summed E-state index contributed by atoms with van der Waals surface area (Å²) in [6.45, 7) is 8.45. The molecule has 2 aromatic carbocycles. The maximum atomic E-state index is 12.6. The summed E-state index contributed by atoms with van der Waals surface area (Å²) in [6.07, 6.45) is 1.47. The van der Waals surface area contributed by atoms with Crippen molar-refractivity contribution in [1.29, 1.82) is 0 Å². The molecule has 0 aliphatic carbocycles. The second kappa shape index (κ2) is 8.71.